The van der Waals surface area contributed by atoms with E-state index in [0.717, 1.165) is 5.69 Å². The summed E-state index contributed by atoms with van der Waals surface area (Å²) in [4.78, 5) is 32.6. The van der Waals surface area contributed by atoms with E-state index in [0.29, 0.717) is 25.3 Å². The van der Waals surface area contributed by atoms with Gasteiger partial charge in [0.15, 0.2) is 11.2 Å². The van der Waals surface area contributed by atoms with Gasteiger partial charge < -0.3 is 18.6 Å². The summed E-state index contributed by atoms with van der Waals surface area (Å²) in [5.74, 6) is -0.788. The first kappa shape index (κ1) is 14.7. The number of aromatic nitrogens is 3. The number of carbonyl (C=O) groups excluding carboxylic acids is 1. The highest BCUT2D eigenvalue weighted by Gasteiger charge is 2.31. The Bertz CT molecular complexity index is 954. The van der Waals surface area contributed by atoms with Crippen molar-refractivity contribution in [3.63, 3.8) is 0 Å². The molecular formula is C16H16N4O4. The van der Waals surface area contributed by atoms with Gasteiger partial charge in [0, 0.05) is 25.5 Å². The lowest BCUT2D eigenvalue weighted by Gasteiger charge is -2.35. The number of oxazole rings is 1. The third-order valence-electron chi connectivity index (χ3n) is 4.22. The number of hydrogen-bond acceptors (Lipinski definition) is 5. The Morgan fingerprint density at radius 3 is 3.04 bits per heavy atom. The van der Waals surface area contributed by atoms with E-state index in [2.05, 4.69) is 9.97 Å². The number of nitrogens with one attached hydrogen (secondary N) is 1. The summed E-state index contributed by atoms with van der Waals surface area (Å²) in [6, 6.07) is 6.88. The molecule has 1 aliphatic rings. The van der Waals surface area contributed by atoms with E-state index in [4.69, 9.17) is 9.15 Å². The number of H-pyrrole nitrogens is 1. The second-order valence-corrected chi connectivity index (χ2v) is 5.69. The molecule has 1 fully saturated rings. The predicted octanol–water partition coefficient (Wildman–Crippen LogP) is 1.07. The van der Waals surface area contributed by atoms with Gasteiger partial charge in [-0.3, -0.25) is 9.78 Å². The molecule has 0 aromatic carbocycles. The Morgan fingerprint density at radius 2 is 2.25 bits per heavy atom. The number of rotatable bonds is 2. The standard InChI is InChI=1S/C16H16N4O4/c1-19-6-2-3-11(19)12-9-23-8-7-20(12)15(21)10-4-5-13-14(17-10)18-16(22)24-13/h2-6,12H,7-9H2,1H3,(H,17,18,22). The third kappa shape index (κ3) is 2.41. The summed E-state index contributed by atoms with van der Waals surface area (Å²) in [5, 5.41) is 0. The van der Waals surface area contributed by atoms with Crippen molar-refractivity contribution in [1.82, 2.24) is 19.4 Å². The lowest BCUT2D eigenvalue weighted by molar-refractivity contribution is -0.00492. The van der Waals surface area contributed by atoms with Crippen molar-refractivity contribution in [3.8, 4) is 0 Å². The van der Waals surface area contributed by atoms with E-state index in [-0.39, 0.29) is 23.3 Å². The molecule has 3 aromatic heterocycles. The molecule has 4 heterocycles. The van der Waals surface area contributed by atoms with Crippen LogP contribution in [0.15, 0.2) is 39.7 Å². The van der Waals surface area contributed by atoms with Crippen molar-refractivity contribution in [2.24, 2.45) is 7.05 Å². The molecule has 1 saturated heterocycles. The van der Waals surface area contributed by atoms with E-state index in [1.165, 1.54) is 0 Å². The maximum absolute atomic E-state index is 12.9. The number of pyridine rings is 1. The second-order valence-electron chi connectivity index (χ2n) is 5.69. The van der Waals surface area contributed by atoms with Gasteiger partial charge in [0.2, 0.25) is 0 Å². The maximum Gasteiger partial charge on any atom is 0.418 e. The Hall–Kier alpha value is -2.87. The monoisotopic (exact) mass is 328 g/mol. The molecule has 1 N–H and O–H groups in total. The minimum absolute atomic E-state index is 0.174. The molecular weight excluding hydrogens is 312 g/mol. The average molecular weight is 328 g/mol. The highest BCUT2D eigenvalue weighted by atomic mass is 16.5. The summed E-state index contributed by atoms with van der Waals surface area (Å²) in [7, 11) is 1.94. The largest absolute Gasteiger partial charge is 0.418 e. The van der Waals surface area contributed by atoms with Crippen molar-refractivity contribution < 1.29 is 13.9 Å². The molecule has 0 radical (unpaired) electrons. The number of carbonyl (C=O) groups is 1. The number of ether oxygens (including phenoxy) is 1. The van der Waals surface area contributed by atoms with E-state index < -0.39 is 5.76 Å². The average Bonchev–Trinajstić information content (AvgIpc) is 3.17. The lowest BCUT2D eigenvalue weighted by atomic mass is 10.1. The van der Waals surface area contributed by atoms with Crippen LogP contribution in [0.1, 0.15) is 22.2 Å². The van der Waals surface area contributed by atoms with E-state index in [9.17, 15) is 9.59 Å². The topological polar surface area (TPSA) is 93.4 Å². The fourth-order valence-electron chi connectivity index (χ4n) is 3.02. The van der Waals surface area contributed by atoms with Gasteiger partial charge in [-0.25, -0.2) is 9.78 Å². The molecule has 3 aromatic rings. The number of fused-ring (bicyclic) bond motifs is 1. The van der Waals surface area contributed by atoms with Crippen LogP contribution in [0.2, 0.25) is 0 Å². The van der Waals surface area contributed by atoms with Crippen LogP contribution < -0.4 is 5.76 Å². The van der Waals surface area contributed by atoms with Crippen LogP contribution in [0, 0.1) is 0 Å². The van der Waals surface area contributed by atoms with Crippen molar-refractivity contribution in [3.05, 3.63) is 52.4 Å². The molecule has 1 amide bonds. The summed E-state index contributed by atoms with van der Waals surface area (Å²) >= 11 is 0. The molecule has 1 aliphatic heterocycles. The molecule has 0 aliphatic carbocycles. The molecule has 124 valence electrons. The van der Waals surface area contributed by atoms with E-state index in [1.54, 1.807) is 17.0 Å². The minimum atomic E-state index is -0.588. The Kier molecular flexibility index (Phi) is 3.46. The predicted molar refractivity (Wildman–Crippen MR) is 84.6 cm³/mol. The minimum Gasteiger partial charge on any atom is -0.406 e. The van der Waals surface area contributed by atoms with Crippen LogP contribution in [0.25, 0.3) is 11.2 Å². The smallest absolute Gasteiger partial charge is 0.406 e. The molecule has 1 unspecified atom stereocenters. The normalized spacial score (nSPS) is 18.2. The molecule has 24 heavy (non-hydrogen) atoms. The zero-order valence-corrected chi connectivity index (χ0v) is 13.1. The van der Waals surface area contributed by atoms with E-state index in [1.807, 2.05) is 29.9 Å². The molecule has 4 rings (SSSR count). The van der Waals surface area contributed by atoms with Gasteiger partial charge in [-0.15, -0.1) is 0 Å². The molecule has 0 saturated carbocycles. The molecule has 1 atom stereocenters. The van der Waals surface area contributed by atoms with Gasteiger partial charge in [0.1, 0.15) is 5.69 Å². The number of nitrogens with zero attached hydrogens (tertiary/aromatic N) is 3. The first-order chi connectivity index (χ1) is 11.6. The number of amides is 1. The van der Waals surface area contributed by atoms with Gasteiger partial charge in [0.25, 0.3) is 5.91 Å². The first-order valence-corrected chi connectivity index (χ1v) is 7.63. The highest BCUT2D eigenvalue weighted by molar-refractivity contribution is 5.94. The number of aryl methyl sites for hydroxylation is 1. The van der Waals surface area contributed by atoms with Gasteiger partial charge in [-0.05, 0) is 24.3 Å². The van der Waals surface area contributed by atoms with Crippen LogP contribution in [0.3, 0.4) is 0 Å². The first-order valence-electron chi connectivity index (χ1n) is 7.63. The number of morpholine rings is 1. The van der Waals surface area contributed by atoms with E-state index >= 15 is 0 Å². The summed E-state index contributed by atoms with van der Waals surface area (Å²) in [6.07, 6.45) is 1.94. The number of aromatic amines is 1. The highest BCUT2D eigenvalue weighted by Crippen LogP contribution is 2.26. The summed E-state index contributed by atoms with van der Waals surface area (Å²) < 4.78 is 12.5. The molecule has 0 bridgehead atoms. The van der Waals surface area contributed by atoms with Gasteiger partial charge in [-0.2, -0.15) is 0 Å². The Morgan fingerprint density at radius 1 is 1.38 bits per heavy atom. The van der Waals surface area contributed by atoms with Crippen molar-refractivity contribution in [2.45, 2.75) is 6.04 Å². The third-order valence-corrected chi connectivity index (χ3v) is 4.22. The van der Waals surface area contributed by atoms with Crippen molar-refractivity contribution in [1.29, 1.82) is 0 Å². The Balaban J connectivity index is 1.69. The van der Waals surface area contributed by atoms with Crippen LogP contribution in [0.5, 0.6) is 0 Å². The number of hydrogen-bond donors (Lipinski definition) is 1. The van der Waals surface area contributed by atoms with Crippen LogP contribution in [0.4, 0.5) is 0 Å². The SMILES string of the molecule is Cn1cccc1C1COCCN1C(=O)c1ccc2oc(=O)[nH]c2n1. The van der Waals surface area contributed by atoms with Gasteiger partial charge in [-0.1, -0.05) is 0 Å². The van der Waals surface area contributed by atoms with Crippen LogP contribution in [-0.2, 0) is 11.8 Å². The maximum atomic E-state index is 12.9. The fraction of sp³-hybridized carbons (Fsp3) is 0.312. The van der Waals surface area contributed by atoms with Crippen LogP contribution in [-0.4, -0.2) is 45.1 Å². The molecule has 8 nitrogen and oxygen atoms in total. The van der Waals surface area contributed by atoms with Crippen molar-refractivity contribution >= 4 is 17.1 Å². The zero-order chi connectivity index (χ0) is 16.7. The van der Waals surface area contributed by atoms with Gasteiger partial charge >= 0.3 is 5.76 Å². The van der Waals surface area contributed by atoms with Crippen molar-refractivity contribution in [2.75, 3.05) is 19.8 Å². The zero-order valence-electron chi connectivity index (χ0n) is 13.1. The fourth-order valence-corrected chi connectivity index (χ4v) is 3.02. The summed E-state index contributed by atoms with van der Waals surface area (Å²) in [6.45, 7) is 1.40. The second kappa shape index (κ2) is 5.64. The Labute approximate surface area is 136 Å². The quantitative estimate of drug-likeness (QED) is 0.759. The summed E-state index contributed by atoms with van der Waals surface area (Å²) in [5.41, 5.74) is 1.87. The van der Waals surface area contributed by atoms with Gasteiger partial charge in [0.05, 0.1) is 19.3 Å². The molecule has 8 heteroatoms. The molecule has 0 spiro atoms. The van der Waals surface area contributed by atoms with Crippen LogP contribution >= 0.6 is 0 Å². The lowest BCUT2D eigenvalue weighted by Crippen LogP contribution is -2.44.